The molecule has 0 fully saturated rings. The summed E-state index contributed by atoms with van der Waals surface area (Å²) in [6.07, 6.45) is 1.24. The Labute approximate surface area is 126 Å². The molecular weight excluding hydrogens is 318 g/mol. The van der Waals surface area contributed by atoms with Gasteiger partial charge >= 0.3 is 0 Å². The molecule has 0 aliphatic carbocycles. The normalized spacial score (nSPS) is 11.5. The Balaban J connectivity index is 2.23. The summed E-state index contributed by atoms with van der Waals surface area (Å²) in [5.74, 6) is 0. The van der Waals surface area contributed by atoms with Crippen LogP contribution in [0.2, 0.25) is 4.47 Å². The zero-order chi connectivity index (χ0) is 14.8. The molecule has 0 atom stereocenters. The van der Waals surface area contributed by atoms with E-state index in [0.29, 0.717) is 5.56 Å². The molecule has 1 aromatic heterocycles. The van der Waals surface area contributed by atoms with Crippen LogP contribution in [0.3, 0.4) is 0 Å². The van der Waals surface area contributed by atoms with Gasteiger partial charge in [0.25, 0.3) is 10.0 Å². The third-order valence-electron chi connectivity index (χ3n) is 2.58. The summed E-state index contributed by atoms with van der Waals surface area (Å²) in [4.78, 5) is 3.73. The van der Waals surface area contributed by atoms with Gasteiger partial charge in [-0.3, -0.25) is 0 Å². The monoisotopic (exact) mass is 327 g/mol. The molecule has 0 radical (unpaired) electrons. The van der Waals surface area contributed by atoms with Crippen LogP contribution in [0, 0.1) is 11.3 Å². The maximum absolute atomic E-state index is 12.3. The van der Waals surface area contributed by atoms with Gasteiger partial charge in [0, 0.05) is 13.6 Å². The number of nitriles is 1. The predicted molar refractivity (Wildman–Crippen MR) is 76.9 cm³/mol. The third kappa shape index (κ3) is 3.16. The molecule has 20 heavy (non-hydrogen) atoms. The van der Waals surface area contributed by atoms with Crippen LogP contribution in [-0.4, -0.2) is 24.8 Å². The highest BCUT2D eigenvalue weighted by atomic mass is 35.5. The maximum Gasteiger partial charge on any atom is 0.254 e. The molecule has 2 rings (SSSR count). The Bertz CT molecular complexity index is 765. The Morgan fingerprint density at radius 1 is 1.50 bits per heavy atom. The largest absolute Gasteiger partial charge is 0.254 e. The smallest absolute Gasteiger partial charge is 0.232 e. The Morgan fingerprint density at radius 2 is 2.25 bits per heavy atom. The molecule has 0 aliphatic rings. The number of halogens is 1. The van der Waals surface area contributed by atoms with Crippen molar-refractivity contribution in [1.82, 2.24) is 9.29 Å². The molecule has 0 spiro atoms. The SMILES string of the molecule is CN(Cc1cccc(C#N)c1)S(=O)(=O)c1cnc(Cl)s1. The van der Waals surface area contributed by atoms with Gasteiger partial charge in [0.15, 0.2) is 8.68 Å². The number of aromatic nitrogens is 1. The first-order valence-corrected chi connectivity index (χ1v) is 8.13. The van der Waals surface area contributed by atoms with E-state index < -0.39 is 10.0 Å². The average Bonchev–Trinajstić information content (AvgIpc) is 2.86. The maximum atomic E-state index is 12.3. The van der Waals surface area contributed by atoms with Gasteiger partial charge in [0.1, 0.15) is 0 Å². The lowest BCUT2D eigenvalue weighted by Gasteiger charge is -2.15. The van der Waals surface area contributed by atoms with Gasteiger partial charge < -0.3 is 0 Å². The van der Waals surface area contributed by atoms with Crippen LogP contribution in [0.1, 0.15) is 11.1 Å². The topological polar surface area (TPSA) is 74.1 Å². The molecule has 1 aromatic carbocycles. The van der Waals surface area contributed by atoms with Crippen molar-refractivity contribution in [1.29, 1.82) is 5.26 Å². The van der Waals surface area contributed by atoms with Gasteiger partial charge in [-0.05, 0) is 17.7 Å². The van der Waals surface area contributed by atoms with Gasteiger partial charge in [0.05, 0.1) is 17.8 Å². The lowest BCUT2D eigenvalue weighted by atomic mass is 10.1. The van der Waals surface area contributed by atoms with E-state index in [1.54, 1.807) is 24.3 Å². The summed E-state index contributed by atoms with van der Waals surface area (Å²) in [5.41, 5.74) is 1.24. The molecule has 0 unspecified atom stereocenters. The number of nitrogens with zero attached hydrogens (tertiary/aromatic N) is 3. The quantitative estimate of drug-likeness (QED) is 0.864. The van der Waals surface area contributed by atoms with Crippen molar-refractivity contribution in [3.63, 3.8) is 0 Å². The first-order chi connectivity index (χ1) is 9.43. The van der Waals surface area contributed by atoms with Crippen LogP contribution in [0.4, 0.5) is 0 Å². The van der Waals surface area contributed by atoms with Crippen molar-refractivity contribution >= 4 is 33.0 Å². The van der Waals surface area contributed by atoms with Crippen molar-refractivity contribution in [2.75, 3.05) is 7.05 Å². The average molecular weight is 328 g/mol. The summed E-state index contributed by atoms with van der Waals surface area (Å²) in [7, 11) is -2.14. The fraction of sp³-hybridized carbons (Fsp3) is 0.167. The van der Waals surface area contributed by atoms with Crippen LogP contribution >= 0.6 is 22.9 Å². The first kappa shape index (κ1) is 14.9. The van der Waals surface area contributed by atoms with Crippen LogP contribution in [0.15, 0.2) is 34.7 Å². The van der Waals surface area contributed by atoms with E-state index in [9.17, 15) is 8.42 Å². The van der Waals surface area contributed by atoms with Gasteiger partial charge in [-0.15, -0.1) is 0 Å². The summed E-state index contributed by atoms with van der Waals surface area (Å²) in [6.45, 7) is 0.174. The van der Waals surface area contributed by atoms with Crippen molar-refractivity contribution < 1.29 is 8.42 Å². The van der Waals surface area contributed by atoms with Crippen LogP contribution in [0.25, 0.3) is 0 Å². The molecule has 0 amide bonds. The zero-order valence-corrected chi connectivity index (χ0v) is 12.8. The number of thiazole rings is 1. The fourth-order valence-electron chi connectivity index (χ4n) is 1.59. The van der Waals surface area contributed by atoms with E-state index in [4.69, 9.17) is 16.9 Å². The molecule has 5 nitrogen and oxygen atoms in total. The van der Waals surface area contributed by atoms with E-state index in [1.807, 2.05) is 6.07 Å². The summed E-state index contributed by atoms with van der Waals surface area (Å²) < 4.78 is 26.0. The van der Waals surface area contributed by atoms with Crippen LogP contribution < -0.4 is 0 Å². The molecule has 0 bridgehead atoms. The summed E-state index contributed by atoms with van der Waals surface area (Å²) in [5, 5.41) is 8.83. The van der Waals surface area contributed by atoms with Gasteiger partial charge in [-0.25, -0.2) is 13.4 Å². The van der Waals surface area contributed by atoms with E-state index in [-0.39, 0.29) is 15.2 Å². The summed E-state index contributed by atoms with van der Waals surface area (Å²) in [6, 6.07) is 8.84. The van der Waals surface area contributed by atoms with Crippen molar-refractivity contribution in [3.05, 3.63) is 46.1 Å². The van der Waals surface area contributed by atoms with Crippen molar-refractivity contribution in [3.8, 4) is 6.07 Å². The molecular formula is C12H10ClN3O2S2. The highest BCUT2D eigenvalue weighted by Crippen LogP contribution is 2.25. The Kier molecular flexibility index (Phi) is 4.40. The second-order valence-electron chi connectivity index (χ2n) is 4.01. The fourth-order valence-corrected chi connectivity index (χ4v) is 4.26. The molecule has 0 aliphatic heterocycles. The lowest BCUT2D eigenvalue weighted by molar-refractivity contribution is 0.468. The number of sulfonamides is 1. The van der Waals surface area contributed by atoms with Crippen LogP contribution in [-0.2, 0) is 16.6 Å². The minimum absolute atomic E-state index is 0.0986. The van der Waals surface area contributed by atoms with Crippen molar-refractivity contribution in [2.24, 2.45) is 0 Å². The van der Waals surface area contributed by atoms with Gasteiger partial charge in [0.2, 0.25) is 0 Å². The molecule has 2 aromatic rings. The Hall–Kier alpha value is -1.46. The summed E-state index contributed by atoms with van der Waals surface area (Å²) >= 11 is 6.57. The standard InChI is InChI=1S/C12H10ClN3O2S2/c1-16(8-10-4-2-3-9(5-10)6-14)20(17,18)11-7-15-12(13)19-11/h2-5,7H,8H2,1H3. The number of rotatable bonds is 4. The second kappa shape index (κ2) is 5.89. The predicted octanol–water partition coefficient (Wildman–Crippen LogP) is 2.49. The number of hydrogen-bond donors (Lipinski definition) is 0. The third-order valence-corrected chi connectivity index (χ3v) is 5.94. The Morgan fingerprint density at radius 3 is 2.85 bits per heavy atom. The second-order valence-corrected chi connectivity index (χ2v) is 7.89. The number of benzene rings is 1. The highest BCUT2D eigenvalue weighted by molar-refractivity contribution is 7.91. The minimum Gasteiger partial charge on any atom is -0.232 e. The zero-order valence-electron chi connectivity index (χ0n) is 10.4. The van der Waals surface area contributed by atoms with E-state index in [1.165, 1.54) is 17.5 Å². The molecule has 0 N–H and O–H groups in total. The van der Waals surface area contributed by atoms with E-state index in [0.717, 1.165) is 16.9 Å². The molecule has 0 saturated heterocycles. The number of hydrogen-bond acceptors (Lipinski definition) is 5. The lowest BCUT2D eigenvalue weighted by Crippen LogP contribution is -2.25. The first-order valence-electron chi connectivity index (χ1n) is 5.50. The molecule has 8 heteroatoms. The molecule has 0 saturated carbocycles. The van der Waals surface area contributed by atoms with Crippen LogP contribution in [0.5, 0.6) is 0 Å². The van der Waals surface area contributed by atoms with Gasteiger partial charge in [-0.1, -0.05) is 35.1 Å². The van der Waals surface area contributed by atoms with E-state index in [2.05, 4.69) is 4.98 Å². The van der Waals surface area contributed by atoms with Gasteiger partial charge in [-0.2, -0.15) is 9.57 Å². The minimum atomic E-state index is -3.61. The highest BCUT2D eigenvalue weighted by Gasteiger charge is 2.23. The van der Waals surface area contributed by atoms with E-state index >= 15 is 0 Å². The van der Waals surface area contributed by atoms with Crippen molar-refractivity contribution in [2.45, 2.75) is 10.8 Å². The molecule has 104 valence electrons. The molecule has 1 heterocycles.